The van der Waals surface area contributed by atoms with E-state index in [1.54, 1.807) is 6.92 Å². The van der Waals surface area contributed by atoms with Gasteiger partial charge >= 0.3 is 12.2 Å². The molecule has 0 spiro atoms. The van der Waals surface area contributed by atoms with Crippen LogP contribution in [0.15, 0.2) is 18.2 Å². The number of nitrogens with one attached hydrogen (secondary N) is 2. The van der Waals surface area contributed by atoms with Gasteiger partial charge in [-0.3, -0.25) is 0 Å². The van der Waals surface area contributed by atoms with Crippen molar-refractivity contribution in [2.45, 2.75) is 25.6 Å². The third-order valence-corrected chi connectivity index (χ3v) is 3.80. The highest BCUT2D eigenvalue weighted by molar-refractivity contribution is 7.98. The number of benzene rings is 1. The number of urea groups is 1. The fourth-order valence-electron chi connectivity index (χ4n) is 1.81. The topological polar surface area (TPSA) is 61.4 Å². The largest absolute Gasteiger partial charge is 0.416 e. The van der Waals surface area contributed by atoms with Gasteiger partial charge in [0, 0.05) is 18.0 Å². The molecule has 2 amide bonds. The summed E-state index contributed by atoms with van der Waals surface area (Å²) in [5.41, 5.74) is -1.75. The number of thioether (sulfide) groups is 1. The van der Waals surface area contributed by atoms with Crippen molar-refractivity contribution in [2.75, 3.05) is 23.9 Å². The smallest absolute Gasteiger partial charge is 0.387 e. The summed E-state index contributed by atoms with van der Waals surface area (Å²) in [6, 6.07) is 2.90. The SMILES string of the molecule is CSCC(C)(O)CNC(=O)Nc1ccc(C)c(C(F)(F)F)c1. The van der Waals surface area contributed by atoms with E-state index in [0.29, 0.717) is 5.75 Å². The maximum atomic E-state index is 12.8. The van der Waals surface area contributed by atoms with Gasteiger partial charge in [0.25, 0.3) is 0 Å². The fourth-order valence-corrected chi connectivity index (χ4v) is 2.54. The minimum Gasteiger partial charge on any atom is -0.387 e. The molecule has 0 aliphatic rings. The van der Waals surface area contributed by atoms with Crippen molar-refractivity contribution in [1.82, 2.24) is 5.32 Å². The molecule has 3 N–H and O–H groups in total. The van der Waals surface area contributed by atoms with Crippen LogP contribution >= 0.6 is 11.8 Å². The lowest BCUT2D eigenvalue weighted by molar-refractivity contribution is -0.138. The van der Waals surface area contributed by atoms with Crippen molar-refractivity contribution >= 4 is 23.5 Å². The monoisotopic (exact) mass is 336 g/mol. The van der Waals surface area contributed by atoms with Crippen molar-refractivity contribution in [3.05, 3.63) is 29.3 Å². The number of anilines is 1. The van der Waals surface area contributed by atoms with Gasteiger partial charge < -0.3 is 15.7 Å². The highest BCUT2D eigenvalue weighted by atomic mass is 32.2. The summed E-state index contributed by atoms with van der Waals surface area (Å²) in [5, 5.41) is 14.7. The van der Waals surface area contributed by atoms with E-state index in [4.69, 9.17) is 0 Å². The molecule has 1 rings (SSSR count). The molecule has 22 heavy (non-hydrogen) atoms. The molecule has 0 aliphatic carbocycles. The molecule has 0 aromatic heterocycles. The van der Waals surface area contributed by atoms with Gasteiger partial charge in [-0.2, -0.15) is 24.9 Å². The molecule has 0 saturated heterocycles. The number of halogens is 3. The molecule has 1 aromatic carbocycles. The third kappa shape index (κ3) is 5.76. The van der Waals surface area contributed by atoms with Gasteiger partial charge in [0.05, 0.1) is 11.2 Å². The molecule has 0 bridgehead atoms. The molecule has 0 aliphatic heterocycles. The van der Waals surface area contributed by atoms with Crippen LogP contribution in [0.5, 0.6) is 0 Å². The zero-order chi connectivity index (χ0) is 17.0. The Morgan fingerprint density at radius 1 is 1.36 bits per heavy atom. The molecule has 0 fully saturated rings. The second kappa shape index (κ2) is 7.23. The summed E-state index contributed by atoms with van der Waals surface area (Å²) in [7, 11) is 0. The number of amides is 2. The Labute approximate surface area is 131 Å². The van der Waals surface area contributed by atoms with Crippen LogP contribution in [0.1, 0.15) is 18.1 Å². The predicted molar refractivity (Wildman–Crippen MR) is 82.2 cm³/mol. The summed E-state index contributed by atoms with van der Waals surface area (Å²) in [4.78, 5) is 11.7. The lowest BCUT2D eigenvalue weighted by atomic mass is 10.1. The van der Waals surface area contributed by atoms with Crippen molar-refractivity contribution in [1.29, 1.82) is 0 Å². The van der Waals surface area contributed by atoms with Crippen LogP contribution in [0.4, 0.5) is 23.7 Å². The number of hydrogen-bond donors (Lipinski definition) is 3. The Bertz CT molecular complexity index is 533. The van der Waals surface area contributed by atoms with E-state index in [1.807, 2.05) is 6.26 Å². The minimum atomic E-state index is -4.47. The van der Waals surface area contributed by atoms with Crippen LogP contribution in [0, 0.1) is 6.92 Å². The first kappa shape index (κ1) is 18.6. The number of carbonyl (C=O) groups excluding carboxylic acids is 1. The molecule has 4 nitrogen and oxygen atoms in total. The number of aliphatic hydroxyl groups is 1. The first-order chi connectivity index (χ1) is 10.0. The van der Waals surface area contributed by atoms with E-state index >= 15 is 0 Å². The summed E-state index contributed by atoms with van der Waals surface area (Å²) >= 11 is 1.42. The van der Waals surface area contributed by atoms with Crippen LogP contribution in [-0.2, 0) is 6.18 Å². The zero-order valence-corrected chi connectivity index (χ0v) is 13.4. The summed E-state index contributed by atoms with van der Waals surface area (Å²) in [6.07, 6.45) is -2.65. The average Bonchev–Trinajstić information content (AvgIpc) is 2.37. The molecule has 1 atom stereocenters. The Balaban J connectivity index is 2.70. The maximum absolute atomic E-state index is 12.8. The molecular weight excluding hydrogens is 317 g/mol. The van der Waals surface area contributed by atoms with Gasteiger partial charge in [-0.1, -0.05) is 6.07 Å². The van der Waals surface area contributed by atoms with E-state index < -0.39 is 23.4 Å². The quantitative estimate of drug-likeness (QED) is 0.773. The fraction of sp³-hybridized carbons (Fsp3) is 0.500. The Kier molecular flexibility index (Phi) is 6.13. The molecule has 1 unspecified atom stereocenters. The number of alkyl halides is 3. The molecule has 8 heteroatoms. The maximum Gasteiger partial charge on any atom is 0.416 e. The van der Waals surface area contributed by atoms with Gasteiger partial charge in [-0.25, -0.2) is 4.79 Å². The molecule has 1 aromatic rings. The lowest BCUT2D eigenvalue weighted by Crippen LogP contribution is -2.43. The van der Waals surface area contributed by atoms with Crippen LogP contribution in [0.25, 0.3) is 0 Å². The second-order valence-corrected chi connectivity index (χ2v) is 6.13. The Hall–Kier alpha value is -1.41. The lowest BCUT2D eigenvalue weighted by Gasteiger charge is -2.22. The van der Waals surface area contributed by atoms with Gasteiger partial charge in [0.1, 0.15) is 0 Å². The van der Waals surface area contributed by atoms with Crippen LogP contribution in [0.2, 0.25) is 0 Å². The van der Waals surface area contributed by atoms with Crippen molar-refractivity contribution < 1.29 is 23.1 Å². The molecule has 0 heterocycles. The number of carbonyl (C=O) groups is 1. The van der Waals surface area contributed by atoms with Crippen molar-refractivity contribution in [3.8, 4) is 0 Å². The second-order valence-electron chi connectivity index (χ2n) is 5.27. The first-order valence-corrected chi connectivity index (χ1v) is 7.88. The molecule has 124 valence electrons. The van der Waals surface area contributed by atoms with Crippen LogP contribution < -0.4 is 10.6 Å². The van der Waals surface area contributed by atoms with Gasteiger partial charge in [0.15, 0.2) is 0 Å². The van der Waals surface area contributed by atoms with Crippen LogP contribution in [0.3, 0.4) is 0 Å². The van der Waals surface area contributed by atoms with Gasteiger partial charge in [0.2, 0.25) is 0 Å². The number of aryl methyl sites for hydroxylation is 1. The van der Waals surface area contributed by atoms with Gasteiger partial charge in [-0.15, -0.1) is 0 Å². The average molecular weight is 336 g/mol. The Morgan fingerprint density at radius 3 is 2.55 bits per heavy atom. The van der Waals surface area contributed by atoms with Crippen molar-refractivity contribution in [2.24, 2.45) is 0 Å². The van der Waals surface area contributed by atoms with E-state index in [2.05, 4.69) is 10.6 Å². The standard InChI is InChI=1S/C14H19F3N2O2S/c1-9-4-5-10(6-11(9)14(15,16)17)19-12(20)18-7-13(2,21)8-22-3/h4-6,21H,7-8H2,1-3H3,(H2,18,19,20). The highest BCUT2D eigenvalue weighted by Gasteiger charge is 2.32. The molecule has 0 radical (unpaired) electrons. The predicted octanol–water partition coefficient (Wildman–Crippen LogP) is 3.25. The van der Waals surface area contributed by atoms with E-state index in [9.17, 15) is 23.1 Å². The zero-order valence-electron chi connectivity index (χ0n) is 12.5. The van der Waals surface area contributed by atoms with Crippen LogP contribution in [-0.4, -0.2) is 35.3 Å². The number of rotatable bonds is 5. The Morgan fingerprint density at radius 2 is 2.00 bits per heavy atom. The van der Waals surface area contributed by atoms with Gasteiger partial charge in [-0.05, 0) is 37.8 Å². The normalized spacial score (nSPS) is 14.3. The van der Waals surface area contributed by atoms with E-state index in [0.717, 1.165) is 6.07 Å². The summed E-state index contributed by atoms with van der Waals surface area (Å²) in [5.74, 6) is 0.427. The molecule has 0 saturated carbocycles. The summed E-state index contributed by atoms with van der Waals surface area (Å²) < 4.78 is 38.4. The minimum absolute atomic E-state index is 0.00232. The summed E-state index contributed by atoms with van der Waals surface area (Å²) in [6.45, 7) is 2.92. The van der Waals surface area contributed by atoms with E-state index in [1.165, 1.54) is 30.8 Å². The van der Waals surface area contributed by atoms with Crippen molar-refractivity contribution in [3.63, 3.8) is 0 Å². The first-order valence-electron chi connectivity index (χ1n) is 6.49. The molecular formula is C14H19F3N2O2S. The number of hydrogen-bond acceptors (Lipinski definition) is 3. The van der Waals surface area contributed by atoms with E-state index in [-0.39, 0.29) is 17.8 Å². The third-order valence-electron chi connectivity index (χ3n) is 2.89. The highest BCUT2D eigenvalue weighted by Crippen LogP contribution is 2.33.